The maximum atomic E-state index is 10.2. The molecule has 5 heteroatoms. The molecule has 1 aromatic heterocycles. The molecule has 0 aliphatic carbocycles. The zero-order chi connectivity index (χ0) is 9.68. The predicted octanol–water partition coefficient (Wildman–Crippen LogP) is 1.27. The van der Waals surface area contributed by atoms with Gasteiger partial charge in [0.1, 0.15) is 5.03 Å². The third-order valence-corrected chi connectivity index (χ3v) is 2.17. The summed E-state index contributed by atoms with van der Waals surface area (Å²) in [4.78, 5) is 14.3. The number of ether oxygens (including phenoxy) is 1. The van der Waals surface area contributed by atoms with Crippen LogP contribution >= 0.6 is 11.8 Å². The highest BCUT2D eigenvalue weighted by atomic mass is 32.2. The summed E-state index contributed by atoms with van der Waals surface area (Å²) in [7, 11) is 1.52. The molecule has 13 heavy (non-hydrogen) atoms. The smallest absolute Gasteiger partial charge is 0.313 e. The van der Waals surface area contributed by atoms with Crippen molar-refractivity contribution in [2.24, 2.45) is 0 Å². The van der Waals surface area contributed by atoms with Crippen LogP contribution in [0.2, 0.25) is 0 Å². The van der Waals surface area contributed by atoms with Gasteiger partial charge in [-0.3, -0.25) is 4.79 Å². The van der Waals surface area contributed by atoms with Crippen molar-refractivity contribution in [2.75, 3.05) is 12.9 Å². The van der Waals surface area contributed by atoms with Crippen molar-refractivity contribution in [1.82, 2.24) is 4.98 Å². The van der Waals surface area contributed by atoms with Crippen LogP contribution < -0.4 is 4.74 Å². The van der Waals surface area contributed by atoms with E-state index in [1.807, 2.05) is 0 Å². The zero-order valence-electron chi connectivity index (χ0n) is 7.06. The fourth-order valence-electron chi connectivity index (χ4n) is 0.726. The van der Waals surface area contributed by atoms with Crippen LogP contribution in [0.4, 0.5) is 0 Å². The molecule has 0 saturated heterocycles. The van der Waals surface area contributed by atoms with Crippen LogP contribution in [0, 0.1) is 0 Å². The number of nitrogens with zero attached hydrogens (tertiary/aromatic N) is 1. The van der Waals surface area contributed by atoms with Gasteiger partial charge in [0.05, 0.1) is 12.9 Å². The number of methoxy groups -OCH3 is 1. The first-order chi connectivity index (χ1) is 6.22. The van der Waals surface area contributed by atoms with Crippen LogP contribution in [-0.2, 0) is 4.79 Å². The molecule has 0 spiro atoms. The molecule has 1 rings (SSSR count). The van der Waals surface area contributed by atoms with Crippen LogP contribution in [0.25, 0.3) is 0 Å². The van der Waals surface area contributed by atoms with Crippen molar-refractivity contribution >= 4 is 17.7 Å². The average Bonchev–Trinajstić information content (AvgIpc) is 2.15. The molecule has 0 radical (unpaired) electrons. The molecule has 70 valence electrons. The molecule has 1 N–H and O–H groups in total. The van der Waals surface area contributed by atoms with Gasteiger partial charge < -0.3 is 9.84 Å². The lowest BCUT2D eigenvalue weighted by Gasteiger charge is -2.00. The summed E-state index contributed by atoms with van der Waals surface area (Å²) in [6.07, 6.45) is 0. The molecule has 1 heterocycles. The van der Waals surface area contributed by atoms with Crippen molar-refractivity contribution in [3.05, 3.63) is 18.2 Å². The number of aliphatic carboxylic acids is 1. The summed E-state index contributed by atoms with van der Waals surface area (Å²) in [6, 6.07) is 5.23. The molecule has 0 amide bonds. The first-order valence-corrected chi connectivity index (χ1v) is 4.56. The van der Waals surface area contributed by atoms with Gasteiger partial charge in [0.15, 0.2) is 0 Å². The van der Waals surface area contributed by atoms with Crippen molar-refractivity contribution < 1.29 is 14.6 Å². The number of hydrogen-bond acceptors (Lipinski definition) is 4. The molecule has 0 bridgehead atoms. The first kappa shape index (κ1) is 9.85. The molecule has 0 saturated carbocycles. The Kier molecular flexibility index (Phi) is 3.57. The Morgan fingerprint density at radius 2 is 2.46 bits per heavy atom. The Bertz CT molecular complexity index is 303. The number of carboxylic acid groups (broad SMARTS) is 1. The lowest BCUT2D eigenvalue weighted by molar-refractivity contribution is -0.133. The highest BCUT2D eigenvalue weighted by Gasteiger charge is 2.01. The second-order valence-corrected chi connectivity index (χ2v) is 3.20. The van der Waals surface area contributed by atoms with Crippen LogP contribution in [0.1, 0.15) is 0 Å². The van der Waals surface area contributed by atoms with E-state index >= 15 is 0 Å². The minimum absolute atomic E-state index is 0.0141. The lowest BCUT2D eigenvalue weighted by Crippen LogP contribution is -1.98. The Labute approximate surface area is 79.9 Å². The van der Waals surface area contributed by atoms with E-state index < -0.39 is 5.97 Å². The minimum atomic E-state index is -0.852. The normalized spacial score (nSPS) is 9.62. The predicted molar refractivity (Wildman–Crippen MR) is 49.1 cm³/mol. The summed E-state index contributed by atoms with van der Waals surface area (Å²) in [5.74, 6) is -0.342. The lowest BCUT2D eigenvalue weighted by atomic mass is 10.5. The molecule has 0 atom stereocenters. The Morgan fingerprint density at radius 1 is 1.69 bits per heavy atom. The quantitative estimate of drug-likeness (QED) is 0.740. The van der Waals surface area contributed by atoms with E-state index in [0.29, 0.717) is 10.9 Å². The van der Waals surface area contributed by atoms with Gasteiger partial charge in [0, 0.05) is 6.07 Å². The van der Waals surface area contributed by atoms with Crippen LogP contribution in [0.15, 0.2) is 23.2 Å². The van der Waals surface area contributed by atoms with E-state index in [2.05, 4.69) is 4.98 Å². The van der Waals surface area contributed by atoms with Gasteiger partial charge in [-0.25, -0.2) is 4.98 Å². The molecule has 4 nitrogen and oxygen atoms in total. The highest BCUT2D eigenvalue weighted by Crippen LogP contribution is 2.17. The van der Waals surface area contributed by atoms with E-state index in [1.165, 1.54) is 18.9 Å². The highest BCUT2D eigenvalue weighted by molar-refractivity contribution is 7.99. The maximum Gasteiger partial charge on any atom is 0.313 e. The number of aromatic nitrogens is 1. The van der Waals surface area contributed by atoms with Crippen LogP contribution in [0.3, 0.4) is 0 Å². The van der Waals surface area contributed by atoms with Gasteiger partial charge in [0.25, 0.3) is 0 Å². The van der Waals surface area contributed by atoms with Gasteiger partial charge in [-0.1, -0.05) is 17.8 Å². The van der Waals surface area contributed by atoms with Crippen molar-refractivity contribution in [3.63, 3.8) is 0 Å². The summed E-state index contributed by atoms with van der Waals surface area (Å²) in [6.45, 7) is 0. The maximum absolute atomic E-state index is 10.2. The average molecular weight is 199 g/mol. The van der Waals surface area contributed by atoms with E-state index in [4.69, 9.17) is 9.84 Å². The molecule has 0 aromatic carbocycles. The second kappa shape index (κ2) is 4.71. The molecule has 0 unspecified atom stereocenters. The third kappa shape index (κ3) is 3.33. The van der Waals surface area contributed by atoms with Gasteiger partial charge in [-0.15, -0.1) is 0 Å². The number of carbonyl (C=O) groups is 1. The number of carboxylic acids is 1. The van der Waals surface area contributed by atoms with E-state index in [9.17, 15) is 4.79 Å². The molecule has 1 aromatic rings. The molecule has 0 aliphatic rings. The zero-order valence-corrected chi connectivity index (χ0v) is 7.87. The Hall–Kier alpha value is -1.23. The first-order valence-electron chi connectivity index (χ1n) is 3.58. The minimum Gasteiger partial charge on any atom is -0.481 e. The van der Waals surface area contributed by atoms with Crippen molar-refractivity contribution in [3.8, 4) is 5.88 Å². The fourth-order valence-corrected chi connectivity index (χ4v) is 1.33. The van der Waals surface area contributed by atoms with Gasteiger partial charge >= 0.3 is 5.97 Å². The van der Waals surface area contributed by atoms with E-state index in [-0.39, 0.29) is 5.75 Å². The van der Waals surface area contributed by atoms with Crippen LogP contribution in [-0.4, -0.2) is 28.9 Å². The number of thioether (sulfide) groups is 1. The Balaban J connectivity index is 2.61. The molecule has 0 fully saturated rings. The Morgan fingerprint density at radius 3 is 3.08 bits per heavy atom. The standard InChI is InChI=1S/C8H9NO3S/c1-12-6-3-2-4-7(9-6)13-5-8(10)11/h2-4H,5H2,1H3,(H,10,11). The van der Waals surface area contributed by atoms with E-state index in [1.54, 1.807) is 18.2 Å². The molecular weight excluding hydrogens is 190 g/mol. The van der Waals surface area contributed by atoms with E-state index in [0.717, 1.165) is 0 Å². The van der Waals surface area contributed by atoms with Crippen molar-refractivity contribution in [1.29, 1.82) is 0 Å². The van der Waals surface area contributed by atoms with Gasteiger partial charge in [-0.05, 0) is 6.07 Å². The number of pyridine rings is 1. The number of hydrogen-bond donors (Lipinski definition) is 1. The second-order valence-electron chi connectivity index (χ2n) is 2.20. The topological polar surface area (TPSA) is 59.4 Å². The summed E-state index contributed by atoms with van der Waals surface area (Å²) in [5, 5.41) is 9.08. The van der Waals surface area contributed by atoms with Gasteiger partial charge in [0.2, 0.25) is 5.88 Å². The summed E-state index contributed by atoms with van der Waals surface area (Å²) >= 11 is 1.17. The van der Waals surface area contributed by atoms with Crippen molar-refractivity contribution in [2.45, 2.75) is 5.03 Å². The molecule has 0 aliphatic heterocycles. The largest absolute Gasteiger partial charge is 0.481 e. The SMILES string of the molecule is COc1cccc(SCC(=O)O)n1. The van der Waals surface area contributed by atoms with Gasteiger partial charge in [-0.2, -0.15) is 0 Å². The third-order valence-electron chi connectivity index (χ3n) is 1.25. The summed E-state index contributed by atoms with van der Waals surface area (Å²) < 4.78 is 4.89. The van der Waals surface area contributed by atoms with Crippen LogP contribution in [0.5, 0.6) is 5.88 Å². The molecular formula is C8H9NO3S. The monoisotopic (exact) mass is 199 g/mol. The number of rotatable bonds is 4. The summed E-state index contributed by atoms with van der Waals surface area (Å²) in [5.41, 5.74) is 0. The fraction of sp³-hybridized carbons (Fsp3) is 0.250.